The average molecular weight is 310 g/mol. The Bertz CT molecular complexity index is 191. The van der Waals surface area contributed by atoms with Crippen LogP contribution in [0.2, 0.25) is 4.73 Å². The summed E-state index contributed by atoms with van der Waals surface area (Å²) < 4.78 is 19.5. The van der Waals surface area contributed by atoms with E-state index in [2.05, 4.69) is 48.5 Å². The molecule has 0 aliphatic carbocycles. The summed E-state index contributed by atoms with van der Waals surface area (Å²) in [6, 6.07) is 0. The van der Waals surface area contributed by atoms with Gasteiger partial charge in [0.05, 0.1) is 0 Å². The number of hydrogen-bond donors (Lipinski definition) is 0. The van der Waals surface area contributed by atoms with Crippen molar-refractivity contribution in [2.45, 2.75) is 97.2 Å². The molecule has 4 heteroatoms. The van der Waals surface area contributed by atoms with Crippen LogP contribution in [-0.2, 0) is 27.7 Å². The van der Waals surface area contributed by atoms with Crippen LogP contribution in [-0.4, -0.2) is 18.3 Å². The van der Waals surface area contributed by atoms with Crippen LogP contribution in [0.5, 0.6) is 0 Å². The van der Waals surface area contributed by atoms with Gasteiger partial charge in [-0.3, -0.25) is 0 Å². The van der Waals surface area contributed by atoms with Gasteiger partial charge in [0.25, 0.3) is 0 Å². The van der Waals surface area contributed by atoms with Crippen molar-refractivity contribution >= 4 is 0 Å². The molecule has 0 amide bonds. The van der Waals surface area contributed by atoms with Crippen LogP contribution in [0.1, 0.15) is 74.1 Å². The van der Waals surface area contributed by atoms with Gasteiger partial charge in [-0.1, -0.05) is 0 Å². The van der Waals surface area contributed by atoms with E-state index in [1.165, 1.54) is 19.3 Å². The third-order valence-electron chi connectivity index (χ3n) is 2.58. The summed E-state index contributed by atoms with van der Waals surface area (Å²) >= 11 is -3.11. The zero-order valence-corrected chi connectivity index (χ0v) is 15.6. The first-order chi connectivity index (χ1) is 8.81. The zero-order chi connectivity index (χ0) is 14.9. The first-order valence-electron chi connectivity index (χ1n) is 7.84. The van der Waals surface area contributed by atoms with Crippen molar-refractivity contribution < 1.29 is 27.7 Å². The van der Waals surface area contributed by atoms with E-state index in [1.807, 2.05) is 0 Å². The maximum absolute atomic E-state index is 6.18. The SMILES string of the molecule is CCCCC[CH2][Ti]([O]C(C)C)([O]C(C)C)[O]C(C)C. The van der Waals surface area contributed by atoms with Gasteiger partial charge < -0.3 is 0 Å². The molecule has 0 unspecified atom stereocenters. The molecule has 0 spiro atoms. The van der Waals surface area contributed by atoms with Gasteiger partial charge in [-0.2, -0.15) is 0 Å². The molecule has 0 N–H and O–H groups in total. The Labute approximate surface area is 125 Å². The first-order valence-corrected chi connectivity index (χ1v) is 10.9. The third-order valence-corrected chi connectivity index (χ3v) is 7.98. The molecule has 0 saturated heterocycles. The summed E-state index contributed by atoms with van der Waals surface area (Å²) in [6.45, 7) is 14.6. The molecule has 0 aromatic heterocycles. The molecule has 19 heavy (non-hydrogen) atoms. The molecule has 116 valence electrons. The Balaban J connectivity index is 4.68. The Hall–Kier alpha value is 0.594. The Morgan fingerprint density at radius 2 is 1.11 bits per heavy atom. The van der Waals surface area contributed by atoms with Crippen molar-refractivity contribution in [3.8, 4) is 0 Å². The fourth-order valence-corrected chi connectivity index (χ4v) is 7.35. The molecule has 3 nitrogen and oxygen atoms in total. The molecule has 0 atom stereocenters. The van der Waals surface area contributed by atoms with Crippen molar-refractivity contribution in [1.29, 1.82) is 0 Å². The molecule has 0 aromatic carbocycles. The van der Waals surface area contributed by atoms with E-state index in [1.54, 1.807) is 0 Å². The summed E-state index contributed by atoms with van der Waals surface area (Å²) in [5, 5.41) is 0. The normalized spacial score (nSPS) is 12.9. The summed E-state index contributed by atoms with van der Waals surface area (Å²) in [6.07, 6.45) is 5.44. The molecule has 0 bridgehead atoms. The maximum atomic E-state index is 6.18. The van der Waals surface area contributed by atoms with E-state index >= 15 is 0 Å². The van der Waals surface area contributed by atoms with Gasteiger partial charge in [-0.05, 0) is 0 Å². The summed E-state index contributed by atoms with van der Waals surface area (Å²) in [5.74, 6) is 0. The van der Waals surface area contributed by atoms with Crippen molar-refractivity contribution in [3.63, 3.8) is 0 Å². The summed E-state index contributed by atoms with van der Waals surface area (Å²) in [4.78, 5) is 0. The van der Waals surface area contributed by atoms with Crippen LogP contribution < -0.4 is 0 Å². The molecular weight excluding hydrogens is 276 g/mol. The molecule has 0 aliphatic heterocycles. The molecule has 0 rings (SSSR count). The third kappa shape index (κ3) is 10.0. The predicted octanol–water partition coefficient (Wildman–Crippen LogP) is 5.16. The minimum absolute atomic E-state index is 0.170. The van der Waals surface area contributed by atoms with Gasteiger partial charge in [-0.25, -0.2) is 0 Å². The standard InChI is InChI=1S/C6H13.3C3H7O.Ti/c1-3-5-6-4-2;3*1-3(2)4;/h1,3-6H2,2H3;3*3H,1-2H3;/q;3*-1;+3. The summed E-state index contributed by atoms with van der Waals surface area (Å²) in [5.41, 5.74) is 0. The van der Waals surface area contributed by atoms with Crippen LogP contribution in [0.3, 0.4) is 0 Å². The monoisotopic (exact) mass is 310 g/mol. The van der Waals surface area contributed by atoms with E-state index in [9.17, 15) is 0 Å². The van der Waals surface area contributed by atoms with Crippen LogP contribution in [0.15, 0.2) is 0 Å². The van der Waals surface area contributed by atoms with Gasteiger partial charge in [-0.15, -0.1) is 0 Å². The fourth-order valence-electron chi connectivity index (χ4n) is 2.11. The van der Waals surface area contributed by atoms with Gasteiger partial charge in [0.1, 0.15) is 0 Å². The van der Waals surface area contributed by atoms with Gasteiger partial charge >= 0.3 is 125 Å². The minimum atomic E-state index is -3.11. The van der Waals surface area contributed by atoms with Gasteiger partial charge in [0.15, 0.2) is 0 Å². The van der Waals surface area contributed by atoms with E-state index in [0.717, 1.165) is 11.1 Å². The fraction of sp³-hybridized carbons (Fsp3) is 1.00. The second kappa shape index (κ2) is 10.3. The summed E-state index contributed by atoms with van der Waals surface area (Å²) in [7, 11) is 0. The van der Waals surface area contributed by atoms with Crippen molar-refractivity contribution in [3.05, 3.63) is 0 Å². The second-order valence-corrected chi connectivity index (χ2v) is 10.0. The number of rotatable bonds is 11. The second-order valence-electron chi connectivity index (χ2n) is 5.99. The van der Waals surface area contributed by atoms with E-state index in [4.69, 9.17) is 9.96 Å². The first kappa shape index (κ1) is 19.6. The molecule has 0 aromatic rings. The molecule has 0 saturated carbocycles. The van der Waals surface area contributed by atoms with E-state index in [-0.39, 0.29) is 18.3 Å². The zero-order valence-electron chi connectivity index (χ0n) is 14.0. The molecular formula is C15H34O3Ti. The Morgan fingerprint density at radius 1 is 0.684 bits per heavy atom. The average Bonchev–Trinajstić information content (AvgIpc) is 2.21. The molecule has 0 aliphatic rings. The topological polar surface area (TPSA) is 27.7 Å². The van der Waals surface area contributed by atoms with E-state index < -0.39 is 17.8 Å². The quantitative estimate of drug-likeness (QED) is 0.390. The van der Waals surface area contributed by atoms with Crippen molar-refractivity contribution in [2.75, 3.05) is 0 Å². The Morgan fingerprint density at radius 3 is 1.42 bits per heavy atom. The number of unbranched alkanes of at least 4 members (excludes halogenated alkanes) is 3. The van der Waals surface area contributed by atoms with Gasteiger partial charge in [0.2, 0.25) is 0 Å². The van der Waals surface area contributed by atoms with Crippen molar-refractivity contribution in [1.82, 2.24) is 0 Å². The molecule has 0 radical (unpaired) electrons. The predicted molar refractivity (Wildman–Crippen MR) is 77.6 cm³/mol. The van der Waals surface area contributed by atoms with Crippen LogP contribution in [0.4, 0.5) is 0 Å². The molecule has 0 fully saturated rings. The van der Waals surface area contributed by atoms with Crippen LogP contribution in [0.25, 0.3) is 0 Å². The Kier molecular flexibility index (Phi) is 10.7. The van der Waals surface area contributed by atoms with Crippen LogP contribution in [0, 0.1) is 0 Å². The van der Waals surface area contributed by atoms with Crippen LogP contribution >= 0.6 is 0 Å². The molecule has 0 heterocycles. The van der Waals surface area contributed by atoms with Crippen molar-refractivity contribution in [2.24, 2.45) is 0 Å². The van der Waals surface area contributed by atoms with Gasteiger partial charge in [0, 0.05) is 0 Å². The van der Waals surface area contributed by atoms with E-state index in [0.29, 0.717) is 0 Å². The number of hydrogen-bond acceptors (Lipinski definition) is 3.